The fourth-order valence-corrected chi connectivity index (χ4v) is 5.01. The van der Waals surface area contributed by atoms with Gasteiger partial charge in [-0.2, -0.15) is 0 Å². The molecule has 4 nitrogen and oxygen atoms in total. The van der Waals surface area contributed by atoms with Crippen molar-refractivity contribution in [2.45, 2.75) is 38.6 Å². The summed E-state index contributed by atoms with van der Waals surface area (Å²) in [6, 6.07) is 4.31. The molecule has 1 aliphatic carbocycles. The zero-order valence-corrected chi connectivity index (χ0v) is 17.1. The smallest absolute Gasteiger partial charge is 0.126 e. The third-order valence-corrected chi connectivity index (χ3v) is 6.42. The number of fused-ring (bicyclic) bond motifs is 1. The van der Waals surface area contributed by atoms with Crippen LogP contribution in [-0.2, 0) is 6.42 Å². The van der Waals surface area contributed by atoms with Crippen LogP contribution in [0.3, 0.4) is 0 Å². The molecule has 1 saturated carbocycles. The number of imidazole rings is 1. The number of benzene rings is 1. The molecule has 1 aromatic carbocycles. The second-order valence-corrected chi connectivity index (χ2v) is 8.53. The van der Waals surface area contributed by atoms with Crippen LogP contribution in [0.5, 0.6) is 0 Å². The van der Waals surface area contributed by atoms with Gasteiger partial charge in [0.05, 0.1) is 23.4 Å². The molecule has 1 aromatic heterocycles. The van der Waals surface area contributed by atoms with Crippen LogP contribution in [0.1, 0.15) is 30.5 Å². The molecule has 1 fully saturated rings. The molecular weight excluding hydrogens is 382 g/mol. The van der Waals surface area contributed by atoms with Gasteiger partial charge < -0.3 is 14.4 Å². The number of hydrogen-bond acceptors (Lipinski definition) is 3. The van der Waals surface area contributed by atoms with E-state index in [4.69, 9.17) is 0 Å². The third kappa shape index (κ3) is 3.78. The number of hydrogen-bond donors (Lipinski definition) is 0. The highest BCUT2D eigenvalue weighted by molar-refractivity contribution is 5.61. The Kier molecular flexibility index (Phi) is 4.93. The van der Waals surface area contributed by atoms with Crippen molar-refractivity contribution in [1.29, 1.82) is 0 Å². The molecule has 0 saturated heterocycles. The SMILES string of the molecule is Cc1cn(C2=CN3CCN(C4CCCC4Cc4cc(F)cc(F)c4)C=C3C=C2)cn1. The predicted molar refractivity (Wildman–Crippen MR) is 113 cm³/mol. The van der Waals surface area contributed by atoms with Crippen molar-refractivity contribution in [3.8, 4) is 0 Å². The fourth-order valence-electron chi connectivity index (χ4n) is 5.01. The van der Waals surface area contributed by atoms with E-state index in [1.807, 2.05) is 24.0 Å². The molecule has 30 heavy (non-hydrogen) atoms. The van der Waals surface area contributed by atoms with E-state index < -0.39 is 11.6 Å². The summed E-state index contributed by atoms with van der Waals surface area (Å²) in [7, 11) is 0. The lowest BCUT2D eigenvalue weighted by atomic mass is 9.93. The van der Waals surface area contributed by atoms with E-state index in [0.717, 1.165) is 61.8 Å². The van der Waals surface area contributed by atoms with E-state index in [1.165, 1.54) is 17.8 Å². The van der Waals surface area contributed by atoms with Crippen LogP contribution in [-0.4, -0.2) is 38.5 Å². The van der Waals surface area contributed by atoms with Crippen molar-refractivity contribution >= 4 is 5.70 Å². The first kappa shape index (κ1) is 19.1. The molecule has 0 amide bonds. The first-order valence-electron chi connectivity index (χ1n) is 10.7. The molecule has 3 heterocycles. The number of rotatable bonds is 4. The minimum absolute atomic E-state index is 0.418. The van der Waals surface area contributed by atoms with Gasteiger partial charge in [-0.3, -0.25) is 0 Å². The summed E-state index contributed by atoms with van der Waals surface area (Å²) in [4.78, 5) is 9.05. The second kappa shape index (κ2) is 7.74. The van der Waals surface area contributed by atoms with Gasteiger partial charge in [-0.1, -0.05) is 6.42 Å². The van der Waals surface area contributed by atoms with E-state index in [-0.39, 0.29) is 0 Å². The highest BCUT2D eigenvalue weighted by atomic mass is 19.1. The molecule has 2 aromatic rings. The van der Waals surface area contributed by atoms with Crippen molar-refractivity contribution in [3.05, 3.63) is 83.9 Å². The molecule has 3 aliphatic rings. The maximum absolute atomic E-state index is 13.6. The summed E-state index contributed by atoms with van der Waals surface area (Å²) < 4.78 is 29.3. The Bertz CT molecular complexity index is 1020. The molecule has 2 aliphatic heterocycles. The number of aryl methyl sites for hydroxylation is 1. The Morgan fingerprint density at radius 2 is 1.80 bits per heavy atom. The van der Waals surface area contributed by atoms with E-state index in [1.54, 1.807) is 0 Å². The molecule has 0 spiro atoms. The van der Waals surface area contributed by atoms with E-state index in [2.05, 4.69) is 39.3 Å². The Hall–Kier alpha value is -2.89. The summed E-state index contributed by atoms with van der Waals surface area (Å²) >= 11 is 0. The Morgan fingerprint density at radius 1 is 1.00 bits per heavy atom. The molecular formula is C24H26F2N4. The molecule has 2 unspecified atom stereocenters. The van der Waals surface area contributed by atoms with E-state index in [0.29, 0.717) is 12.0 Å². The lowest BCUT2D eigenvalue weighted by Crippen LogP contribution is -2.43. The number of allylic oxidation sites excluding steroid dienone is 3. The van der Waals surface area contributed by atoms with E-state index in [9.17, 15) is 8.78 Å². The largest absolute Gasteiger partial charge is 0.371 e. The number of aromatic nitrogens is 2. The Balaban J connectivity index is 1.31. The maximum Gasteiger partial charge on any atom is 0.126 e. The summed E-state index contributed by atoms with van der Waals surface area (Å²) in [5.41, 5.74) is 4.05. The number of halogens is 2. The van der Waals surface area contributed by atoms with Crippen LogP contribution in [0, 0.1) is 24.5 Å². The van der Waals surface area contributed by atoms with Crippen LogP contribution >= 0.6 is 0 Å². The van der Waals surface area contributed by atoms with Crippen molar-refractivity contribution in [2.75, 3.05) is 13.1 Å². The lowest BCUT2D eigenvalue weighted by Gasteiger charge is -2.40. The van der Waals surface area contributed by atoms with Gasteiger partial charge >= 0.3 is 0 Å². The lowest BCUT2D eigenvalue weighted by molar-refractivity contribution is 0.190. The summed E-state index contributed by atoms with van der Waals surface area (Å²) in [5, 5.41) is 0. The summed E-state index contributed by atoms with van der Waals surface area (Å²) in [6.07, 6.45) is 16.7. The molecule has 156 valence electrons. The van der Waals surface area contributed by atoms with E-state index >= 15 is 0 Å². The monoisotopic (exact) mass is 408 g/mol. The quantitative estimate of drug-likeness (QED) is 0.732. The third-order valence-electron chi connectivity index (χ3n) is 6.42. The van der Waals surface area contributed by atoms with Gasteiger partial charge in [0.2, 0.25) is 0 Å². The topological polar surface area (TPSA) is 24.3 Å². The van der Waals surface area contributed by atoms with Crippen LogP contribution < -0.4 is 0 Å². The van der Waals surface area contributed by atoms with Gasteiger partial charge in [0, 0.05) is 43.8 Å². The van der Waals surface area contributed by atoms with Gasteiger partial charge in [-0.05, 0) is 62.0 Å². The fraction of sp³-hybridized carbons (Fsp3) is 0.375. The molecule has 6 heteroatoms. The Labute approximate surface area is 175 Å². The normalized spacial score (nSPS) is 23.4. The Morgan fingerprint density at radius 3 is 2.57 bits per heavy atom. The van der Waals surface area contributed by atoms with Crippen LogP contribution in [0.15, 0.2) is 61.0 Å². The predicted octanol–water partition coefficient (Wildman–Crippen LogP) is 4.71. The summed E-state index contributed by atoms with van der Waals surface area (Å²) in [5.74, 6) is -0.557. The van der Waals surface area contributed by atoms with Gasteiger partial charge in [-0.15, -0.1) is 0 Å². The van der Waals surface area contributed by atoms with Crippen LogP contribution in [0.2, 0.25) is 0 Å². The minimum Gasteiger partial charge on any atom is -0.371 e. The highest BCUT2D eigenvalue weighted by Gasteiger charge is 2.33. The average molecular weight is 408 g/mol. The van der Waals surface area contributed by atoms with Crippen molar-refractivity contribution in [2.24, 2.45) is 5.92 Å². The van der Waals surface area contributed by atoms with Crippen molar-refractivity contribution in [3.63, 3.8) is 0 Å². The molecule has 0 radical (unpaired) electrons. The average Bonchev–Trinajstić information content (AvgIpc) is 3.35. The first-order valence-corrected chi connectivity index (χ1v) is 10.7. The van der Waals surface area contributed by atoms with Gasteiger partial charge in [0.1, 0.15) is 11.6 Å². The van der Waals surface area contributed by atoms with Crippen LogP contribution in [0.4, 0.5) is 8.78 Å². The maximum atomic E-state index is 13.6. The molecule has 2 atom stereocenters. The zero-order valence-electron chi connectivity index (χ0n) is 17.1. The highest BCUT2D eigenvalue weighted by Crippen LogP contribution is 2.35. The van der Waals surface area contributed by atoms with Crippen LogP contribution in [0.25, 0.3) is 5.70 Å². The standard InChI is InChI=1S/C24H26F2N4/c1-17-13-30(16-27-17)23-6-5-22-15-29(8-7-28(22)14-23)24-4-2-3-19(24)9-18-10-20(25)12-21(26)11-18/h5-6,10-16,19,24H,2-4,7-9H2,1H3. The number of nitrogens with zero attached hydrogens (tertiary/aromatic N) is 4. The minimum atomic E-state index is -0.488. The molecule has 0 bridgehead atoms. The molecule has 0 N–H and O–H groups in total. The van der Waals surface area contributed by atoms with Gasteiger partial charge in [0.15, 0.2) is 0 Å². The van der Waals surface area contributed by atoms with Gasteiger partial charge in [0.25, 0.3) is 0 Å². The second-order valence-electron chi connectivity index (χ2n) is 8.53. The van der Waals surface area contributed by atoms with Crippen molar-refractivity contribution < 1.29 is 8.78 Å². The zero-order chi connectivity index (χ0) is 20.7. The van der Waals surface area contributed by atoms with Crippen molar-refractivity contribution in [1.82, 2.24) is 19.4 Å². The van der Waals surface area contributed by atoms with Gasteiger partial charge in [-0.25, -0.2) is 13.8 Å². The summed E-state index contributed by atoms with van der Waals surface area (Å²) in [6.45, 7) is 3.86. The first-order chi connectivity index (χ1) is 14.5. The molecule has 5 rings (SSSR count).